The van der Waals surface area contributed by atoms with Gasteiger partial charge in [-0.15, -0.1) is 0 Å². The molecule has 1 aliphatic heterocycles. The van der Waals surface area contributed by atoms with Crippen molar-refractivity contribution in [2.24, 2.45) is 0 Å². The zero-order valence-electron chi connectivity index (χ0n) is 17.9. The molecular formula is C27H26N2O3. The molecular weight excluding hydrogens is 400 g/mol. The highest BCUT2D eigenvalue weighted by Crippen LogP contribution is 2.44. The molecule has 32 heavy (non-hydrogen) atoms. The fourth-order valence-corrected chi connectivity index (χ4v) is 4.67. The molecule has 5 heteroatoms. The standard InChI is InChI=1S/C27H26N2O3/c30-26(28-20-13-5-2-6-14-20)25-21-15-7-9-17-23(21)32-24-18-10-8-16-22(24)29(25)27(31)19-11-3-1-4-12-19/h1,3-4,7-12,15-18,20,25H,2,5-6,13-14H2,(H,28,30). The van der Waals surface area contributed by atoms with E-state index in [1.807, 2.05) is 66.7 Å². The molecule has 3 aromatic rings. The van der Waals surface area contributed by atoms with Gasteiger partial charge in [0.1, 0.15) is 11.8 Å². The van der Waals surface area contributed by atoms with Crippen molar-refractivity contribution < 1.29 is 14.3 Å². The monoisotopic (exact) mass is 426 g/mol. The average Bonchev–Trinajstić information content (AvgIpc) is 2.99. The Labute approximate surface area is 188 Å². The molecule has 162 valence electrons. The number of hydrogen-bond donors (Lipinski definition) is 1. The minimum atomic E-state index is -0.829. The Balaban J connectivity index is 1.63. The minimum absolute atomic E-state index is 0.136. The van der Waals surface area contributed by atoms with Crippen LogP contribution in [0.15, 0.2) is 78.9 Å². The summed E-state index contributed by atoms with van der Waals surface area (Å²) in [7, 11) is 0. The van der Waals surface area contributed by atoms with Crippen molar-refractivity contribution in [3.63, 3.8) is 0 Å². The van der Waals surface area contributed by atoms with Crippen molar-refractivity contribution in [2.45, 2.75) is 44.2 Å². The van der Waals surface area contributed by atoms with Crippen LogP contribution in [0.5, 0.6) is 11.5 Å². The molecule has 2 aliphatic rings. The van der Waals surface area contributed by atoms with Crippen LogP contribution in [0.1, 0.15) is 54.1 Å². The molecule has 0 saturated heterocycles. The summed E-state index contributed by atoms with van der Waals surface area (Å²) in [5.74, 6) is 0.736. The van der Waals surface area contributed by atoms with Crippen LogP contribution in [0.25, 0.3) is 0 Å². The lowest BCUT2D eigenvalue weighted by Gasteiger charge is -2.32. The van der Waals surface area contributed by atoms with E-state index in [-0.39, 0.29) is 17.9 Å². The van der Waals surface area contributed by atoms with Crippen LogP contribution in [-0.2, 0) is 4.79 Å². The Morgan fingerprint density at radius 3 is 2.22 bits per heavy atom. The Kier molecular flexibility index (Phi) is 5.63. The van der Waals surface area contributed by atoms with Gasteiger partial charge in [-0.2, -0.15) is 0 Å². The lowest BCUT2D eigenvalue weighted by atomic mass is 9.94. The number of para-hydroxylation sites is 3. The van der Waals surface area contributed by atoms with Crippen molar-refractivity contribution in [2.75, 3.05) is 4.90 Å². The van der Waals surface area contributed by atoms with E-state index in [0.29, 0.717) is 28.3 Å². The summed E-state index contributed by atoms with van der Waals surface area (Å²) >= 11 is 0. The summed E-state index contributed by atoms with van der Waals surface area (Å²) in [5, 5.41) is 3.24. The van der Waals surface area contributed by atoms with Gasteiger partial charge in [-0.05, 0) is 43.2 Å². The second kappa shape index (κ2) is 8.87. The minimum Gasteiger partial charge on any atom is -0.455 e. The third-order valence-electron chi connectivity index (χ3n) is 6.26. The SMILES string of the molecule is O=C(NC1CCCCC1)C1c2ccccc2Oc2ccccc2N1C(=O)c1ccccc1. The Morgan fingerprint density at radius 2 is 1.44 bits per heavy atom. The molecule has 1 N–H and O–H groups in total. The molecule has 1 atom stereocenters. The maximum absolute atomic E-state index is 13.8. The third-order valence-corrected chi connectivity index (χ3v) is 6.26. The van der Waals surface area contributed by atoms with Gasteiger partial charge in [-0.1, -0.05) is 67.8 Å². The Morgan fingerprint density at radius 1 is 0.781 bits per heavy atom. The van der Waals surface area contributed by atoms with Crippen LogP contribution in [-0.4, -0.2) is 17.9 Å². The van der Waals surface area contributed by atoms with Gasteiger partial charge in [0, 0.05) is 17.2 Å². The summed E-state index contributed by atoms with van der Waals surface area (Å²) in [6.45, 7) is 0. The fraction of sp³-hybridized carbons (Fsp3) is 0.259. The molecule has 1 unspecified atom stereocenters. The van der Waals surface area contributed by atoms with Gasteiger partial charge in [-0.3, -0.25) is 14.5 Å². The van der Waals surface area contributed by atoms with Crippen LogP contribution < -0.4 is 15.0 Å². The number of hydrogen-bond acceptors (Lipinski definition) is 3. The fourth-order valence-electron chi connectivity index (χ4n) is 4.67. The second-order valence-electron chi connectivity index (χ2n) is 8.39. The predicted octanol–water partition coefficient (Wildman–Crippen LogP) is 5.63. The van der Waals surface area contributed by atoms with Gasteiger partial charge < -0.3 is 10.1 Å². The van der Waals surface area contributed by atoms with Crippen molar-refractivity contribution in [1.82, 2.24) is 5.32 Å². The lowest BCUT2D eigenvalue weighted by Crippen LogP contribution is -2.47. The van der Waals surface area contributed by atoms with Gasteiger partial charge in [0.25, 0.3) is 5.91 Å². The summed E-state index contributed by atoms with van der Waals surface area (Å²) in [5.41, 5.74) is 1.79. The number of nitrogens with zero attached hydrogens (tertiary/aromatic N) is 1. The second-order valence-corrected chi connectivity index (χ2v) is 8.39. The maximum Gasteiger partial charge on any atom is 0.259 e. The van der Waals surface area contributed by atoms with Crippen molar-refractivity contribution in [1.29, 1.82) is 0 Å². The molecule has 0 aromatic heterocycles. The number of fused-ring (bicyclic) bond motifs is 2. The molecule has 5 rings (SSSR count). The molecule has 1 saturated carbocycles. The molecule has 2 amide bonds. The Hall–Kier alpha value is -3.60. The van der Waals surface area contributed by atoms with Crippen LogP contribution in [0, 0.1) is 0 Å². The van der Waals surface area contributed by atoms with Crippen molar-refractivity contribution >= 4 is 17.5 Å². The summed E-state index contributed by atoms with van der Waals surface area (Å²) in [6.07, 6.45) is 5.38. The van der Waals surface area contributed by atoms with E-state index in [1.54, 1.807) is 17.0 Å². The van der Waals surface area contributed by atoms with Gasteiger partial charge >= 0.3 is 0 Å². The number of amides is 2. The van der Waals surface area contributed by atoms with Crippen LogP contribution in [0.2, 0.25) is 0 Å². The smallest absolute Gasteiger partial charge is 0.259 e. The van der Waals surface area contributed by atoms with E-state index in [0.717, 1.165) is 25.7 Å². The average molecular weight is 427 g/mol. The molecule has 3 aromatic carbocycles. The van der Waals surface area contributed by atoms with E-state index in [2.05, 4.69) is 5.32 Å². The quantitative estimate of drug-likeness (QED) is 0.591. The number of carbonyl (C=O) groups is 2. The number of nitrogens with one attached hydrogen (secondary N) is 1. The largest absolute Gasteiger partial charge is 0.455 e. The first-order chi connectivity index (χ1) is 15.7. The molecule has 0 radical (unpaired) electrons. The van der Waals surface area contributed by atoms with Crippen LogP contribution in [0.3, 0.4) is 0 Å². The number of ether oxygens (including phenoxy) is 1. The molecule has 1 fully saturated rings. The van der Waals surface area contributed by atoms with Crippen molar-refractivity contribution in [3.05, 3.63) is 90.0 Å². The zero-order valence-corrected chi connectivity index (χ0v) is 17.9. The van der Waals surface area contributed by atoms with Gasteiger partial charge in [0.2, 0.25) is 5.91 Å². The van der Waals surface area contributed by atoms with Crippen molar-refractivity contribution in [3.8, 4) is 11.5 Å². The molecule has 5 nitrogen and oxygen atoms in total. The number of benzene rings is 3. The van der Waals surface area contributed by atoms with E-state index in [1.165, 1.54) is 6.42 Å². The molecule has 0 bridgehead atoms. The maximum atomic E-state index is 13.8. The van der Waals surface area contributed by atoms with E-state index in [9.17, 15) is 9.59 Å². The summed E-state index contributed by atoms with van der Waals surface area (Å²) < 4.78 is 6.22. The topological polar surface area (TPSA) is 58.6 Å². The third kappa shape index (κ3) is 3.86. The summed E-state index contributed by atoms with van der Waals surface area (Å²) in [4.78, 5) is 29.2. The highest BCUT2D eigenvalue weighted by atomic mass is 16.5. The first-order valence-corrected chi connectivity index (χ1v) is 11.3. The number of rotatable bonds is 3. The highest BCUT2D eigenvalue weighted by Gasteiger charge is 2.39. The van der Waals surface area contributed by atoms with E-state index >= 15 is 0 Å². The zero-order chi connectivity index (χ0) is 21.9. The number of carbonyl (C=O) groups excluding carboxylic acids is 2. The molecule has 1 heterocycles. The van der Waals surface area contributed by atoms with Gasteiger partial charge in [0.05, 0.1) is 5.69 Å². The number of anilines is 1. The van der Waals surface area contributed by atoms with Gasteiger partial charge in [0.15, 0.2) is 5.75 Å². The lowest BCUT2D eigenvalue weighted by molar-refractivity contribution is -0.123. The molecule has 1 aliphatic carbocycles. The van der Waals surface area contributed by atoms with Gasteiger partial charge in [-0.25, -0.2) is 0 Å². The molecule has 0 spiro atoms. The Bertz CT molecular complexity index is 1120. The first kappa shape index (κ1) is 20.3. The first-order valence-electron chi connectivity index (χ1n) is 11.3. The predicted molar refractivity (Wildman–Crippen MR) is 124 cm³/mol. The van der Waals surface area contributed by atoms with Crippen LogP contribution >= 0.6 is 0 Å². The normalized spacial score (nSPS) is 18.0. The van der Waals surface area contributed by atoms with E-state index in [4.69, 9.17) is 4.74 Å². The summed E-state index contributed by atoms with van der Waals surface area (Å²) in [6, 6.07) is 23.3. The highest BCUT2D eigenvalue weighted by molar-refractivity contribution is 6.11. The van der Waals surface area contributed by atoms with E-state index < -0.39 is 6.04 Å². The van der Waals surface area contributed by atoms with Crippen LogP contribution in [0.4, 0.5) is 5.69 Å².